The Bertz CT molecular complexity index is 1030. The van der Waals surface area contributed by atoms with E-state index < -0.39 is 0 Å². The summed E-state index contributed by atoms with van der Waals surface area (Å²) in [6.45, 7) is 2.27. The van der Waals surface area contributed by atoms with E-state index in [0.29, 0.717) is 4.91 Å². The van der Waals surface area contributed by atoms with Gasteiger partial charge in [-0.15, -0.1) is 0 Å². The molecule has 0 bridgehead atoms. The molecule has 0 radical (unpaired) electrons. The van der Waals surface area contributed by atoms with E-state index in [-0.39, 0.29) is 18.7 Å². The predicted octanol–water partition coefficient (Wildman–Crippen LogP) is 5.66. The largest absolute Gasteiger partial charge is 0.454 e. The number of ether oxygens (including phenoxy) is 2. The van der Waals surface area contributed by atoms with E-state index in [4.69, 9.17) is 14.5 Å². The van der Waals surface area contributed by atoms with Gasteiger partial charge < -0.3 is 9.47 Å². The third-order valence-corrected chi connectivity index (χ3v) is 6.79. The molecular weight excluding hydrogens is 396 g/mol. The summed E-state index contributed by atoms with van der Waals surface area (Å²) in [5.74, 6) is 1.54. The summed E-state index contributed by atoms with van der Waals surface area (Å²) in [5, 5.41) is 0.780. The van der Waals surface area contributed by atoms with Gasteiger partial charge in [0.2, 0.25) is 6.79 Å². The summed E-state index contributed by atoms with van der Waals surface area (Å²) >= 11 is 1.47. The molecule has 1 saturated carbocycles. The first-order chi connectivity index (χ1) is 14.7. The van der Waals surface area contributed by atoms with E-state index in [1.54, 1.807) is 0 Å². The zero-order chi connectivity index (χ0) is 20.5. The molecule has 0 spiro atoms. The van der Waals surface area contributed by atoms with Gasteiger partial charge in [-0.05, 0) is 73.0 Å². The number of carbonyl (C=O) groups is 1. The van der Waals surface area contributed by atoms with Crippen LogP contribution in [0.4, 0.5) is 5.69 Å². The van der Waals surface area contributed by atoms with E-state index in [1.165, 1.54) is 18.2 Å². The van der Waals surface area contributed by atoms with Crippen molar-refractivity contribution in [2.45, 2.75) is 45.1 Å². The van der Waals surface area contributed by atoms with E-state index in [9.17, 15) is 4.79 Å². The van der Waals surface area contributed by atoms with E-state index in [1.807, 2.05) is 60.4 Å². The fourth-order valence-corrected chi connectivity index (χ4v) is 5.24. The van der Waals surface area contributed by atoms with Crippen molar-refractivity contribution in [3.63, 3.8) is 0 Å². The molecule has 0 N–H and O–H groups in total. The summed E-state index contributed by atoms with van der Waals surface area (Å²) in [5.41, 5.74) is 2.89. The summed E-state index contributed by atoms with van der Waals surface area (Å²) in [6.07, 6.45) is 7.62. The van der Waals surface area contributed by atoms with Gasteiger partial charge >= 0.3 is 0 Å². The van der Waals surface area contributed by atoms with Gasteiger partial charge in [-0.1, -0.05) is 37.5 Å². The summed E-state index contributed by atoms with van der Waals surface area (Å²) in [6, 6.07) is 14.0. The van der Waals surface area contributed by atoms with Gasteiger partial charge in [-0.2, -0.15) is 0 Å². The Kier molecular flexibility index (Phi) is 5.25. The zero-order valence-corrected chi connectivity index (χ0v) is 17.8. The molecule has 3 aliphatic rings. The number of benzene rings is 2. The van der Waals surface area contributed by atoms with Crippen LogP contribution in [-0.4, -0.2) is 28.8 Å². The first-order valence-electron chi connectivity index (χ1n) is 10.5. The second kappa shape index (κ2) is 8.19. The lowest BCUT2D eigenvalue weighted by atomic mass is 9.94. The summed E-state index contributed by atoms with van der Waals surface area (Å²) in [7, 11) is 0. The SMILES string of the molecule is Cc1cc2c(cc1/C=C1/SC(=Nc3ccccc3)N(C3CCCCC3)C1=O)OCO2. The minimum atomic E-state index is 0.0543. The lowest BCUT2D eigenvalue weighted by molar-refractivity contribution is -0.124. The van der Waals surface area contributed by atoms with Crippen LogP contribution in [-0.2, 0) is 4.79 Å². The van der Waals surface area contributed by atoms with Crippen molar-refractivity contribution >= 4 is 34.6 Å². The van der Waals surface area contributed by atoms with Crippen LogP contribution in [0.1, 0.15) is 43.2 Å². The molecule has 0 aromatic heterocycles. The van der Waals surface area contributed by atoms with Crippen LogP contribution in [0.15, 0.2) is 52.4 Å². The molecule has 5 rings (SSSR count). The minimum absolute atomic E-state index is 0.0543. The number of thioether (sulfide) groups is 1. The van der Waals surface area contributed by atoms with Crippen LogP contribution in [0.5, 0.6) is 11.5 Å². The Labute approximate surface area is 180 Å². The molecule has 2 fully saturated rings. The number of amides is 1. The lowest BCUT2D eigenvalue weighted by Crippen LogP contribution is -2.40. The topological polar surface area (TPSA) is 51.1 Å². The fraction of sp³-hybridized carbons (Fsp3) is 0.333. The zero-order valence-electron chi connectivity index (χ0n) is 17.0. The standard InChI is InChI=1S/C24H24N2O3S/c1-16-12-20-21(29-15-28-20)13-17(16)14-22-23(27)26(19-10-6-3-7-11-19)24(30-22)25-18-8-4-2-5-9-18/h2,4-5,8-9,12-14,19H,3,6-7,10-11,15H2,1H3/b22-14+,25-24?. The fourth-order valence-electron chi connectivity index (χ4n) is 4.19. The lowest BCUT2D eigenvalue weighted by Gasteiger charge is -2.30. The Morgan fingerprint density at radius 2 is 1.80 bits per heavy atom. The Morgan fingerprint density at radius 1 is 1.07 bits per heavy atom. The molecule has 1 saturated heterocycles. The van der Waals surface area contributed by atoms with Crippen molar-refractivity contribution in [3.05, 3.63) is 58.5 Å². The van der Waals surface area contributed by atoms with Gasteiger partial charge in [0.05, 0.1) is 10.6 Å². The van der Waals surface area contributed by atoms with Gasteiger partial charge in [-0.25, -0.2) is 4.99 Å². The van der Waals surface area contributed by atoms with Crippen molar-refractivity contribution in [2.24, 2.45) is 4.99 Å². The normalized spacial score (nSPS) is 21.8. The van der Waals surface area contributed by atoms with E-state index in [0.717, 1.165) is 59.2 Å². The van der Waals surface area contributed by atoms with Gasteiger partial charge in [-0.3, -0.25) is 9.69 Å². The number of carbonyl (C=O) groups excluding carboxylic acids is 1. The molecule has 6 heteroatoms. The van der Waals surface area contributed by atoms with Gasteiger partial charge in [0.1, 0.15) is 0 Å². The third kappa shape index (κ3) is 3.72. The molecule has 1 aliphatic carbocycles. The molecule has 2 aliphatic heterocycles. The molecule has 30 heavy (non-hydrogen) atoms. The smallest absolute Gasteiger partial charge is 0.267 e. The van der Waals surface area contributed by atoms with Crippen LogP contribution < -0.4 is 9.47 Å². The van der Waals surface area contributed by atoms with Crippen LogP contribution in [0.2, 0.25) is 0 Å². The monoisotopic (exact) mass is 420 g/mol. The van der Waals surface area contributed by atoms with Crippen molar-refractivity contribution in [2.75, 3.05) is 6.79 Å². The van der Waals surface area contributed by atoms with Gasteiger partial charge in [0, 0.05) is 6.04 Å². The second-order valence-corrected chi connectivity index (χ2v) is 8.88. The maximum absolute atomic E-state index is 13.5. The molecule has 154 valence electrons. The molecule has 2 aromatic rings. The number of para-hydroxylation sites is 1. The maximum Gasteiger partial charge on any atom is 0.267 e. The molecule has 1 amide bonds. The molecule has 2 heterocycles. The average molecular weight is 421 g/mol. The van der Waals surface area contributed by atoms with Crippen molar-refractivity contribution in [1.29, 1.82) is 0 Å². The Morgan fingerprint density at radius 3 is 2.57 bits per heavy atom. The first-order valence-corrected chi connectivity index (χ1v) is 11.3. The van der Waals surface area contributed by atoms with E-state index in [2.05, 4.69) is 0 Å². The molecule has 0 atom stereocenters. The van der Waals surface area contributed by atoms with Crippen molar-refractivity contribution < 1.29 is 14.3 Å². The number of hydrogen-bond donors (Lipinski definition) is 0. The highest BCUT2D eigenvalue weighted by Crippen LogP contribution is 2.40. The minimum Gasteiger partial charge on any atom is -0.454 e. The first kappa shape index (κ1) is 19.2. The number of fused-ring (bicyclic) bond motifs is 1. The number of aliphatic imine (C=N–C) groups is 1. The quantitative estimate of drug-likeness (QED) is 0.601. The highest BCUT2D eigenvalue weighted by molar-refractivity contribution is 8.18. The third-order valence-electron chi connectivity index (χ3n) is 5.81. The van der Waals surface area contributed by atoms with E-state index >= 15 is 0 Å². The number of hydrogen-bond acceptors (Lipinski definition) is 5. The van der Waals surface area contributed by atoms with Crippen LogP contribution in [0.3, 0.4) is 0 Å². The predicted molar refractivity (Wildman–Crippen MR) is 120 cm³/mol. The summed E-state index contributed by atoms with van der Waals surface area (Å²) < 4.78 is 11.0. The highest BCUT2D eigenvalue weighted by atomic mass is 32.2. The van der Waals surface area contributed by atoms with Crippen molar-refractivity contribution in [3.8, 4) is 11.5 Å². The number of nitrogens with zero attached hydrogens (tertiary/aromatic N) is 2. The van der Waals surface area contributed by atoms with Gasteiger partial charge in [0.25, 0.3) is 5.91 Å². The molecule has 5 nitrogen and oxygen atoms in total. The molecule has 2 aromatic carbocycles. The Hall–Kier alpha value is -2.73. The van der Waals surface area contributed by atoms with Crippen LogP contribution >= 0.6 is 11.8 Å². The van der Waals surface area contributed by atoms with Crippen LogP contribution in [0.25, 0.3) is 6.08 Å². The second-order valence-electron chi connectivity index (χ2n) is 7.87. The number of aryl methyl sites for hydroxylation is 1. The Balaban J connectivity index is 1.52. The van der Waals surface area contributed by atoms with Crippen LogP contribution in [0, 0.1) is 6.92 Å². The highest BCUT2D eigenvalue weighted by Gasteiger charge is 2.38. The average Bonchev–Trinajstić information content (AvgIpc) is 3.33. The maximum atomic E-state index is 13.5. The van der Waals surface area contributed by atoms with Crippen molar-refractivity contribution in [1.82, 2.24) is 4.90 Å². The number of rotatable bonds is 3. The molecular formula is C24H24N2O3S. The number of amidine groups is 1. The van der Waals surface area contributed by atoms with Gasteiger partial charge in [0.15, 0.2) is 16.7 Å². The molecule has 0 unspecified atom stereocenters. The summed E-state index contributed by atoms with van der Waals surface area (Å²) in [4.78, 5) is 20.9.